The van der Waals surface area contributed by atoms with E-state index in [1.165, 1.54) is 29.3 Å². The van der Waals surface area contributed by atoms with Crippen LogP contribution in [0.25, 0.3) is 0 Å². The monoisotopic (exact) mass is 373 g/mol. The summed E-state index contributed by atoms with van der Waals surface area (Å²) in [6.45, 7) is 0.523. The maximum absolute atomic E-state index is 13.6. The lowest BCUT2D eigenvalue weighted by molar-refractivity contribution is 0.0565. The average molecular weight is 373 g/mol. The van der Waals surface area contributed by atoms with Gasteiger partial charge in [-0.25, -0.2) is 4.39 Å². The standard InChI is InChI=1S/C20H24FN3O3/c1-23(18-7-4-13-3-6-15(21)9-17(13)18)11-16(25)12-24(2)20(27)14-5-8-19(26)22-10-14/h3,5-6,8-10,16,18,25H,4,7,11-12H2,1-2H3,(H,22,26). The molecule has 0 fully saturated rings. The first-order valence-corrected chi connectivity index (χ1v) is 8.96. The Labute approximate surface area is 157 Å². The number of aryl methyl sites for hydroxylation is 1. The summed E-state index contributed by atoms with van der Waals surface area (Å²) in [5.41, 5.74) is 2.21. The smallest absolute Gasteiger partial charge is 0.255 e. The molecule has 1 aromatic heterocycles. The molecular weight excluding hydrogens is 349 g/mol. The number of rotatable bonds is 6. The van der Waals surface area contributed by atoms with Crippen LogP contribution in [0, 0.1) is 5.82 Å². The summed E-state index contributed by atoms with van der Waals surface area (Å²) >= 11 is 0. The summed E-state index contributed by atoms with van der Waals surface area (Å²) in [4.78, 5) is 29.4. The van der Waals surface area contributed by atoms with Crippen molar-refractivity contribution in [2.24, 2.45) is 0 Å². The third-order valence-electron chi connectivity index (χ3n) is 5.05. The van der Waals surface area contributed by atoms with Crippen molar-refractivity contribution in [1.82, 2.24) is 14.8 Å². The fourth-order valence-electron chi connectivity index (χ4n) is 3.69. The van der Waals surface area contributed by atoms with Gasteiger partial charge in [-0.15, -0.1) is 0 Å². The average Bonchev–Trinajstić information content (AvgIpc) is 3.04. The van der Waals surface area contributed by atoms with Crippen LogP contribution in [0.15, 0.2) is 41.3 Å². The summed E-state index contributed by atoms with van der Waals surface area (Å²) in [5, 5.41) is 10.4. The lowest BCUT2D eigenvalue weighted by Gasteiger charge is -2.29. The zero-order valence-corrected chi connectivity index (χ0v) is 15.5. The molecule has 7 heteroatoms. The fraction of sp³-hybridized carbons (Fsp3) is 0.400. The Balaban J connectivity index is 1.58. The maximum Gasteiger partial charge on any atom is 0.255 e. The number of nitrogens with one attached hydrogen (secondary N) is 1. The molecule has 2 N–H and O–H groups in total. The first-order chi connectivity index (χ1) is 12.8. The number of fused-ring (bicyclic) bond motifs is 1. The number of aliphatic hydroxyl groups is 1. The predicted octanol–water partition coefficient (Wildman–Crippen LogP) is 1.57. The van der Waals surface area contributed by atoms with Crippen LogP contribution in [0.1, 0.15) is 33.9 Å². The van der Waals surface area contributed by atoms with Gasteiger partial charge < -0.3 is 15.0 Å². The van der Waals surface area contributed by atoms with E-state index in [-0.39, 0.29) is 29.9 Å². The molecule has 3 rings (SSSR count). The zero-order valence-electron chi connectivity index (χ0n) is 15.5. The van der Waals surface area contributed by atoms with Crippen LogP contribution in [-0.2, 0) is 6.42 Å². The Kier molecular flexibility index (Phi) is 5.72. The minimum Gasteiger partial charge on any atom is -0.390 e. The van der Waals surface area contributed by atoms with Crippen LogP contribution in [0.3, 0.4) is 0 Å². The molecule has 0 aliphatic heterocycles. The number of likely N-dealkylation sites (N-methyl/N-ethyl adjacent to an activating group) is 2. The molecule has 0 radical (unpaired) electrons. The van der Waals surface area contributed by atoms with E-state index in [4.69, 9.17) is 0 Å². The highest BCUT2D eigenvalue weighted by molar-refractivity contribution is 5.93. The van der Waals surface area contributed by atoms with E-state index in [2.05, 4.69) is 4.98 Å². The van der Waals surface area contributed by atoms with Gasteiger partial charge in [-0.1, -0.05) is 6.07 Å². The molecule has 1 aromatic carbocycles. The van der Waals surface area contributed by atoms with Gasteiger partial charge in [0, 0.05) is 38.4 Å². The van der Waals surface area contributed by atoms with Crippen molar-refractivity contribution in [3.05, 3.63) is 69.4 Å². The number of aromatic nitrogens is 1. The van der Waals surface area contributed by atoms with Crippen molar-refractivity contribution >= 4 is 5.91 Å². The Morgan fingerprint density at radius 1 is 1.30 bits per heavy atom. The normalized spacial score (nSPS) is 17.0. The van der Waals surface area contributed by atoms with Crippen LogP contribution in [-0.4, -0.2) is 59.1 Å². The van der Waals surface area contributed by atoms with Crippen LogP contribution in [0.4, 0.5) is 4.39 Å². The number of nitrogens with zero attached hydrogens (tertiary/aromatic N) is 2. The van der Waals surface area contributed by atoms with Crippen molar-refractivity contribution in [1.29, 1.82) is 0 Å². The van der Waals surface area contributed by atoms with E-state index in [1.807, 2.05) is 18.0 Å². The van der Waals surface area contributed by atoms with Gasteiger partial charge in [0.1, 0.15) is 5.82 Å². The molecule has 0 spiro atoms. The molecule has 0 bridgehead atoms. The second-order valence-electron chi connectivity index (χ2n) is 7.12. The van der Waals surface area contributed by atoms with Crippen molar-refractivity contribution in [2.45, 2.75) is 25.0 Å². The number of H-pyrrole nitrogens is 1. The molecule has 2 aromatic rings. The van der Waals surface area contributed by atoms with Gasteiger partial charge in [0.2, 0.25) is 5.56 Å². The Bertz CT molecular complexity index is 863. The topological polar surface area (TPSA) is 76.6 Å². The van der Waals surface area contributed by atoms with Crippen LogP contribution < -0.4 is 5.56 Å². The van der Waals surface area contributed by atoms with Crippen LogP contribution in [0.2, 0.25) is 0 Å². The SMILES string of the molecule is CN(CC(O)CN(C)C1CCc2ccc(F)cc21)C(=O)c1ccc(=O)[nH]c1. The third-order valence-corrected chi connectivity index (χ3v) is 5.05. The quantitative estimate of drug-likeness (QED) is 0.806. The molecule has 1 aliphatic carbocycles. The Morgan fingerprint density at radius 2 is 2.07 bits per heavy atom. The molecule has 6 nitrogen and oxygen atoms in total. The number of pyridine rings is 1. The summed E-state index contributed by atoms with van der Waals surface area (Å²) in [7, 11) is 3.51. The van der Waals surface area contributed by atoms with E-state index >= 15 is 0 Å². The molecule has 0 saturated carbocycles. The van der Waals surface area contributed by atoms with Gasteiger partial charge in [-0.3, -0.25) is 14.5 Å². The van der Waals surface area contributed by atoms with Crippen LogP contribution >= 0.6 is 0 Å². The molecule has 1 amide bonds. The van der Waals surface area contributed by atoms with Crippen LogP contribution in [0.5, 0.6) is 0 Å². The highest BCUT2D eigenvalue weighted by Gasteiger charge is 2.28. The van der Waals surface area contributed by atoms with Gasteiger partial charge in [0.15, 0.2) is 0 Å². The number of benzene rings is 1. The molecule has 0 saturated heterocycles. The number of hydrogen-bond acceptors (Lipinski definition) is 4. The largest absolute Gasteiger partial charge is 0.390 e. The minimum atomic E-state index is -0.746. The predicted molar refractivity (Wildman–Crippen MR) is 100 cm³/mol. The van der Waals surface area contributed by atoms with E-state index in [0.717, 1.165) is 24.0 Å². The van der Waals surface area contributed by atoms with Crippen molar-refractivity contribution in [3.63, 3.8) is 0 Å². The lowest BCUT2D eigenvalue weighted by atomic mass is 10.1. The molecule has 27 heavy (non-hydrogen) atoms. The van der Waals surface area contributed by atoms with Crippen molar-refractivity contribution in [2.75, 3.05) is 27.2 Å². The molecular formula is C20H24FN3O3. The first kappa shape index (κ1) is 19.3. The zero-order chi connectivity index (χ0) is 19.6. The summed E-state index contributed by atoms with van der Waals surface area (Å²) in [6, 6.07) is 7.69. The summed E-state index contributed by atoms with van der Waals surface area (Å²) < 4.78 is 13.6. The number of carbonyl (C=O) groups excluding carboxylic acids is 1. The van der Waals surface area contributed by atoms with Gasteiger partial charge in [-0.2, -0.15) is 0 Å². The summed E-state index contributed by atoms with van der Waals surface area (Å²) in [6.07, 6.45) is 2.40. The first-order valence-electron chi connectivity index (χ1n) is 8.96. The van der Waals surface area contributed by atoms with Gasteiger partial charge in [0.05, 0.1) is 11.7 Å². The second kappa shape index (κ2) is 8.02. The van der Waals surface area contributed by atoms with E-state index in [0.29, 0.717) is 12.1 Å². The minimum absolute atomic E-state index is 0.0607. The number of amides is 1. The number of aliphatic hydroxyl groups excluding tert-OH is 1. The maximum atomic E-state index is 13.6. The molecule has 1 heterocycles. The lowest BCUT2D eigenvalue weighted by Crippen LogP contribution is -2.40. The number of carbonyl (C=O) groups is 1. The molecule has 2 atom stereocenters. The third kappa shape index (κ3) is 4.43. The Hall–Kier alpha value is -2.51. The fourth-order valence-corrected chi connectivity index (χ4v) is 3.69. The van der Waals surface area contributed by atoms with Crippen molar-refractivity contribution < 1.29 is 14.3 Å². The number of halogens is 1. The van der Waals surface area contributed by atoms with E-state index in [9.17, 15) is 19.1 Å². The van der Waals surface area contributed by atoms with Gasteiger partial charge in [-0.05, 0) is 49.2 Å². The van der Waals surface area contributed by atoms with Crippen molar-refractivity contribution in [3.8, 4) is 0 Å². The molecule has 1 aliphatic rings. The Morgan fingerprint density at radius 3 is 2.78 bits per heavy atom. The van der Waals surface area contributed by atoms with E-state index in [1.54, 1.807) is 13.1 Å². The van der Waals surface area contributed by atoms with Gasteiger partial charge >= 0.3 is 0 Å². The second-order valence-corrected chi connectivity index (χ2v) is 7.12. The van der Waals surface area contributed by atoms with E-state index < -0.39 is 6.10 Å². The molecule has 2 unspecified atom stereocenters. The number of hydrogen-bond donors (Lipinski definition) is 2. The summed E-state index contributed by atoms with van der Waals surface area (Å²) in [5.74, 6) is -0.526. The molecule has 144 valence electrons. The highest BCUT2D eigenvalue weighted by Crippen LogP contribution is 2.35. The number of aromatic amines is 1. The highest BCUT2D eigenvalue weighted by atomic mass is 19.1. The van der Waals surface area contributed by atoms with Gasteiger partial charge in [0.25, 0.3) is 5.91 Å².